The lowest BCUT2D eigenvalue weighted by Gasteiger charge is -2.23. The van der Waals surface area contributed by atoms with Crippen molar-refractivity contribution >= 4 is 5.69 Å². The highest BCUT2D eigenvalue weighted by atomic mass is 19.1. The van der Waals surface area contributed by atoms with E-state index >= 15 is 0 Å². The van der Waals surface area contributed by atoms with Gasteiger partial charge in [-0.05, 0) is 49.7 Å². The molecule has 1 aromatic carbocycles. The summed E-state index contributed by atoms with van der Waals surface area (Å²) >= 11 is 0. The van der Waals surface area contributed by atoms with Gasteiger partial charge in [-0.1, -0.05) is 0 Å². The van der Waals surface area contributed by atoms with Gasteiger partial charge in [0.15, 0.2) is 0 Å². The molecule has 108 valence electrons. The number of hydrogen-bond donors (Lipinski definition) is 1. The summed E-state index contributed by atoms with van der Waals surface area (Å²) in [6.45, 7) is 3.01. The molecule has 3 nitrogen and oxygen atoms in total. The predicted molar refractivity (Wildman–Crippen MR) is 74.5 cm³/mol. The van der Waals surface area contributed by atoms with E-state index in [1.54, 1.807) is 23.3 Å². The van der Waals surface area contributed by atoms with Gasteiger partial charge in [-0.15, -0.1) is 0 Å². The SMILES string of the molecule is CCN(Cc1ccco1)c1c(F)cc(CCN)cc1F. The van der Waals surface area contributed by atoms with Gasteiger partial charge in [0.05, 0.1) is 12.8 Å². The molecule has 0 saturated carbocycles. The second-order valence-electron chi connectivity index (χ2n) is 4.54. The van der Waals surface area contributed by atoms with Crippen molar-refractivity contribution in [3.63, 3.8) is 0 Å². The van der Waals surface area contributed by atoms with Gasteiger partial charge in [0.2, 0.25) is 0 Å². The van der Waals surface area contributed by atoms with E-state index < -0.39 is 11.6 Å². The average molecular weight is 280 g/mol. The van der Waals surface area contributed by atoms with Crippen molar-refractivity contribution in [2.24, 2.45) is 5.73 Å². The molecule has 0 unspecified atom stereocenters. The number of halogens is 2. The van der Waals surface area contributed by atoms with Crippen LogP contribution < -0.4 is 10.6 Å². The van der Waals surface area contributed by atoms with Gasteiger partial charge in [-0.25, -0.2) is 8.78 Å². The number of furan rings is 1. The Morgan fingerprint density at radius 1 is 1.25 bits per heavy atom. The second kappa shape index (κ2) is 6.52. The second-order valence-corrected chi connectivity index (χ2v) is 4.54. The summed E-state index contributed by atoms with van der Waals surface area (Å²) < 4.78 is 33.5. The van der Waals surface area contributed by atoms with Gasteiger partial charge in [0.1, 0.15) is 23.1 Å². The van der Waals surface area contributed by atoms with Crippen LogP contribution in [0, 0.1) is 11.6 Å². The molecule has 1 heterocycles. The minimum atomic E-state index is -0.568. The molecule has 0 aliphatic rings. The third-order valence-electron chi connectivity index (χ3n) is 3.13. The Balaban J connectivity index is 2.29. The van der Waals surface area contributed by atoms with Crippen LogP contribution in [0.1, 0.15) is 18.2 Å². The summed E-state index contributed by atoms with van der Waals surface area (Å²) in [5, 5.41) is 0. The Kier molecular flexibility index (Phi) is 4.74. The number of nitrogens with two attached hydrogens (primary N) is 1. The Hall–Kier alpha value is -1.88. The summed E-state index contributed by atoms with van der Waals surface area (Å²) in [6.07, 6.45) is 2.00. The molecule has 2 rings (SSSR count). The van der Waals surface area contributed by atoms with Gasteiger partial charge in [-0.3, -0.25) is 0 Å². The van der Waals surface area contributed by atoms with Crippen molar-refractivity contribution < 1.29 is 13.2 Å². The highest BCUT2D eigenvalue weighted by Gasteiger charge is 2.18. The molecule has 0 fully saturated rings. The predicted octanol–water partition coefficient (Wildman–Crippen LogP) is 3.09. The highest BCUT2D eigenvalue weighted by molar-refractivity contribution is 5.51. The zero-order valence-electron chi connectivity index (χ0n) is 11.4. The molecule has 5 heteroatoms. The highest BCUT2D eigenvalue weighted by Crippen LogP contribution is 2.26. The number of rotatable bonds is 6. The van der Waals surface area contributed by atoms with E-state index in [9.17, 15) is 8.78 Å². The van der Waals surface area contributed by atoms with E-state index in [0.717, 1.165) is 0 Å². The monoisotopic (exact) mass is 280 g/mol. The molecule has 20 heavy (non-hydrogen) atoms. The van der Waals surface area contributed by atoms with Crippen LogP contribution in [0.3, 0.4) is 0 Å². The Morgan fingerprint density at radius 2 is 1.95 bits per heavy atom. The van der Waals surface area contributed by atoms with Crippen molar-refractivity contribution in [3.8, 4) is 0 Å². The lowest BCUT2D eigenvalue weighted by Crippen LogP contribution is -2.24. The maximum absolute atomic E-state index is 14.1. The van der Waals surface area contributed by atoms with E-state index in [-0.39, 0.29) is 5.69 Å². The van der Waals surface area contributed by atoms with Crippen molar-refractivity contribution in [2.45, 2.75) is 19.9 Å². The van der Waals surface area contributed by atoms with Crippen LogP contribution in [0.15, 0.2) is 34.9 Å². The summed E-state index contributed by atoms with van der Waals surface area (Å²) in [4.78, 5) is 1.61. The first-order valence-electron chi connectivity index (χ1n) is 6.61. The van der Waals surface area contributed by atoms with Crippen LogP contribution in [0.2, 0.25) is 0 Å². The summed E-state index contributed by atoms with van der Waals surface area (Å²) in [7, 11) is 0. The normalized spacial score (nSPS) is 10.8. The molecule has 0 aliphatic carbocycles. The minimum Gasteiger partial charge on any atom is -0.467 e. The first-order valence-corrected chi connectivity index (χ1v) is 6.61. The van der Waals surface area contributed by atoms with Crippen molar-refractivity contribution in [1.82, 2.24) is 0 Å². The maximum Gasteiger partial charge on any atom is 0.149 e. The van der Waals surface area contributed by atoms with Crippen LogP contribution in [0.4, 0.5) is 14.5 Å². The number of anilines is 1. The van der Waals surface area contributed by atoms with Crippen LogP contribution in [0.5, 0.6) is 0 Å². The standard InChI is InChI=1S/C15H18F2N2O/c1-2-19(10-12-4-3-7-20-12)15-13(16)8-11(5-6-18)9-14(15)17/h3-4,7-9H,2,5-6,10,18H2,1H3. The fourth-order valence-electron chi connectivity index (χ4n) is 2.17. The summed E-state index contributed by atoms with van der Waals surface area (Å²) in [5.41, 5.74) is 5.95. The smallest absolute Gasteiger partial charge is 0.149 e. The van der Waals surface area contributed by atoms with Crippen molar-refractivity contribution in [2.75, 3.05) is 18.0 Å². The van der Waals surface area contributed by atoms with Crippen molar-refractivity contribution in [1.29, 1.82) is 0 Å². The first kappa shape index (κ1) is 14.5. The zero-order valence-corrected chi connectivity index (χ0v) is 11.4. The lowest BCUT2D eigenvalue weighted by molar-refractivity contribution is 0.496. The van der Waals surface area contributed by atoms with Crippen molar-refractivity contribution in [3.05, 3.63) is 53.5 Å². The number of benzene rings is 1. The summed E-state index contributed by atoms with van der Waals surface area (Å²) in [5.74, 6) is -0.472. The van der Waals surface area contributed by atoms with Crippen LogP contribution >= 0.6 is 0 Å². The van der Waals surface area contributed by atoms with E-state index in [1.165, 1.54) is 12.1 Å². The van der Waals surface area contributed by atoms with Gasteiger partial charge in [-0.2, -0.15) is 0 Å². The molecular weight excluding hydrogens is 262 g/mol. The lowest BCUT2D eigenvalue weighted by atomic mass is 10.1. The zero-order chi connectivity index (χ0) is 14.5. The molecule has 0 bridgehead atoms. The van der Waals surface area contributed by atoms with Crippen LogP contribution in [0.25, 0.3) is 0 Å². The first-order chi connectivity index (χ1) is 9.65. The molecular formula is C15H18F2N2O. The van der Waals surface area contributed by atoms with Gasteiger partial charge < -0.3 is 15.1 Å². The minimum absolute atomic E-state index is 0.0235. The molecule has 0 spiro atoms. The fraction of sp³-hybridized carbons (Fsp3) is 0.333. The van der Waals surface area contributed by atoms with E-state index in [0.29, 0.717) is 37.4 Å². The van der Waals surface area contributed by atoms with Crippen LogP contribution in [-0.4, -0.2) is 13.1 Å². The van der Waals surface area contributed by atoms with Gasteiger partial charge >= 0.3 is 0 Å². The van der Waals surface area contributed by atoms with Gasteiger partial charge in [0.25, 0.3) is 0 Å². The number of nitrogens with zero attached hydrogens (tertiary/aromatic N) is 1. The molecule has 1 aromatic heterocycles. The molecule has 2 aromatic rings. The molecule has 2 N–H and O–H groups in total. The Labute approximate surface area is 117 Å². The largest absolute Gasteiger partial charge is 0.467 e. The molecule has 0 atom stereocenters. The summed E-state index contributed by atoms with van der Waals surface area (Å²) in [6, 6.07) is 6.22. The molecule has 0 amide bonds. The average Bonchev–Trinajstić information content (AvgIpc) is 2.90. The van der Waals surface area contributed by atoms with E-state index in [1.807, 2.05) is 6.92 Å². The maximum atomic E-state index is 14.1. The third kappa shape index (κ3) is 3.17. The van der Waals surface area contributed by atoms with Crippen LogP contribution in [-0.2, 0) is 13.0 Å². The van der Waals surface area contributed by atoms with E-state index in [2.05, 4.69) is 0 Å². The molecule has 0 radical (unpaired) electrons. The Morgan fingerprint density at radius 3 is 2.45 bits per heavy atom. The number of hydrogen-bond acceptors (Lipinski definition) is 3. The quantitative estimate of drug-likeness (QED) is 0.884. The van der Waals surface area contributed by atoms with E-state index in [4.69, 9.17) is 10.2 Å². The third-order valence-corrected chi connectivity index (χ3v) is 3.13. The Bertz CT molecular complexity index is 532. The molecule has 0 aliphatic heterocycles. The fourth-order valence-corrected chi connectivity index (χ4v) is 2.17. The van der Waals surface area contributed by atoms with Gasteiger partial charge in [0, 0.05) is 6.54 Å². The molecule has 0 saturated heterocycles. The topological polar surface area (TPSA) is 42.4 Å².